The van der Waals surface area contributed by atoms with Crippen LogP contribution in [-0.4, -0.2) is 38.1 Å². The minimum Gasteiger partial charge on any atom is -0.469 e. The van der Waals surface area contributed by atoms with Crippen LogP contribution in [-0.2, 0) is 19.1 Å². The molecule has 0 aliphatic heterocycles. The Morgan fingerprint density at radius 1 is 1.09 bits per heavy atom. The quantitative estimate of drug-likeness (QED) is 0.799. The molecule has 126 valence electrons. The number of esters is 2. The fraction of sp³-hybridized carbons (Fsp3) is 0.400. The summed E-state index contributed by atoms with van der Waals surface area (Å²) in [6, 6.07) is 1.11. The average molecular weight is 329 g/mol. The molecule has 0 aromatic heterocycles. The van der Waals surface area contributed by atoms with Crippen molar-refractivity contribution in [1.82, 2.24) is 5.32 Å². The number of carbonyl (C=O) groups excluding carboxylic acids is 3. The molecule has 1 rings (SSSR count). The summed E-state index contributed by atoms with van der Waals surface area (Å²) in [4.78, 5) is 35.2. The molecule has 1 aromatic carbocycles. The van der Waals surface area contributed by atoms with E-state index in [4.69, 9.17) is 0 Å². The highest BCUT2D eigenvalue weighted by Crippen LogP contribution is 2.13. The van der Waals surface area contributed by atoms with Gasteiger partial charge in [-0.05, 0) is 18.1 Å². The number of hydrogen-bond acceptors (Lipinski definition) is 5. The van der Waals surface area contributed by atoms with Gasteiger partial charge in [-0.1, -0.05) is 6.92 Å². The number of amides is 1. The van der Waals surface area contributed by atoms with Gasteiger partial charge in [0.1, 0.15) is 17.7 Å². The SMILES string of the molecule is COC(=O)C[C@@H](C)[C@H](NC(=O)c1cc(F)cc(F)c1)C(=O)OC. The van der Waals surface area contributed by atoms with Crippen LogP contribution in [0.3, 0.4) is 0 Å². The largest absolute Gasteiger partial charge is 0.469 e. The molecule has 2 atom stereocenters. The molecule has 1 amide bonds. The van der Waals surface area contributed by atoms with E-state index in [1.165, 1.54) is 14.0 Å². The van der Waals surface area contributed by atoms with Crippen molar-refractivity contribution in [3.05, 3.63) is 35.4 Å². The van der Waals surface area contributed by atoms with Crippen molar-refractivity contribution >= 4 is 17.8 Å². The third-order valence-electron chi connectivity index (χ3n) is 3.15. The number of nitrogens with one attached hydrogen (secondary N) is 1. The lowest BCUT2D eigenvalue weighted by Crippen LogP contribution is -2.46. The van der Waals surface area contributed by atoms with Crippen LogP contribution in [0.4, 0.5) is 8.78 Å². The Bertz CT molecular complexity index is 585. The molecule has 1 N–H and O–H groups in total. The summed E-state index contributed by atoms with van der Waals surface area (Å²) in [7, 11) is 2.31. The third kappa shape index (κ3) is 5.32. The highest BCUT2D eigenvalue weighted by atomic mass is 19.1. The maximum atomic E-state index is 13.2. The van der Waals surface area contributed by atoms with Crippen molar-refractivity contribution in [2.45, 2.75) is 19.4 Å². The Kier molecular flexibility index (Phi) is 6.62. The van der Waals surface area contributed by atoms with Crippen LogP contribution in [0.25, 0.3) is 0 Å². The van der Waals surface area contributed by atoms with Crippen molar-refractivity contribution < 1.29 is 32.6 Å². The molecule has 0 bridgehead atoms. The van der Waals surface area contributed by atoms with Crippen LogP contribution in [0.2, 0.25) is 0 Å². The van der Waals surface area contributed by atoms with Crippen LogP contribution in [0.15, 0.2) is 18.2 Å². The average Bonchev–Trinajstić information content (AvgIpc) is 2.50. The first-order valence-corrected chi connectivity index (χ1v) is 6.70. The molecule has 0 saturated heterocycles. The number of methoxy groups -OCH3 is 2. The molecule has 0 heterocycles. The number of ether oxygens (including phenoxy) is 2. The van der Waals surface area contributed by atoms with Gasteiger partial charge in [0, 0.05) is 11.6 Å². The first-order chi connectivity index (χ1) is 10.8. The number of benzene rings is 1. The molecule has 23 heavy (non-hydrogen) atoms. The highest BCUT2D eigenvalue weighted by Gasteiger charge is 2.30. The van der Waals surface area contributed by atoms with Gasteiger partial charge in [0.05, 0.1) is 20.6 Å². The zero-order chi connectivity index (χ0) is 17.6. The Labute approximate surface area is 131 Å². The Morgan fingerprint density at radius 3 is 2.13 bits per heavy atom. The van der Waals surface area contributed by atoms with E-state index in [0.717, 1.165) is 19.2 Å². The lowest BCUT2D eigenvalue weighted by Gasteiger charge is -2.22. The number of carbonyl (C=O) groups is 3. The van der Waals surface area contributed by atoms with Gasteiger partial charge in [-0.15, -0.1) is 0 Å². The van der Waals surface area contributed by atoms with E-state index >= 15 is 0 Å². The second-order valence-corrected chi connectivity index (χ2v) is 4.89. The van der Waals surface area contributed by atoms with Crippen molar-refractivity contribution in [3.8, 4) is 0 Å². The molecular weight excluding hydrogens is 312 g/mol. The summed E-state index contributed by atoms with van der Waals surface area (Å²) in [6.07, 6.45) is -0.145. The minimum atomic E-state index is -1.17. The van der Waals surface area contributed by atoms with Crippen LogP contribution in [0, 0.1) is 17.6 Å². The van der Waals surface area contributed by atoms with Gasteiger partial charge in [0.15, 0.2) is 0 Å². The molecular formula is C15H17F2NO5. The van der Waals surface area contributed by atoms with Crippen molar-refractivity contribution in [1.29, 1.82) is 0 Å². The number of hydrogen-bond donors (Lipinski definition) is 1. The van der Waals surface area contributed by atoms with Gasteiger partial charge >= 0.3 is 11.9 Å². The summed E-state index contributed by atoms with van der Waals surface area (Å²) >= 11 is 0. The highest BCUT2D eigenvalue weighted by molar-refractivity contribution is 5.97. The topological polar surface area (TPSA) is 81.7 Å². The van der Waals surface area contributed by atoms with Crippen LogP contribution < -0.4 is 5.32 Å². The Balaban J connectivity index is 2.94. The first-order valence-electron chi connectivity index (χ1n) is 6.70. The number of halogens is 2. The summed E-state index contributed by atoms with van der Waals surface area (Å²) < 4.78 is 35.4. The normalized spacial score (nSPS) is 12.9. The molecule has 0 aliphatic carbocycles. The maximum Gasteiger partial charge on any atom is 0.328 e. The monoisotopic (exact) mass is 329 g/mol. The van der Waals surface area contributed by atoms with Gasteiger partial charge < -0.3 is 14.8 Å². The van der Waals surface area contributed by atoms with Crippen LogP contribution >= 0.6 is 0 Å². The van der Waals surface area contributed by atoms with Gasteiger partial charge in [0.2, 0.25) is 0 Å². The molecule has 8 heteroatoms. The molecule has 0 aliphatic rings. The molecule has 0 spiro atoms. The fourth-order valence-electron chi connectivity index (χ4n) is 1.93. The first kappa shape index (κ1) is 18.5. The second kappa shape index (κ2) is 8.21. The smallest absolute Gasteiger partial charge is 0.328 e. The van der Waals surface area contributed by atoms with E-state index in [-0.39, 0.29) is 12.0 Å². The molecule has 0 unspecified atom stereocenters. The minimum absolute atomic E-state index is 0.145. The van der Waals surface area contributed by atoms with E-state index < -0.39 is 41.4 Å². The van der Waals surface area contributed by atoms with Gasteiger partial charge in [-0.2, -0.15) is 0 Å². The summed E-state index contributed by atoms with van der Waals surface area (Å²) in [5.41, 5.74) is -0.290. The summed E-state index contributed by atoms with van der Waals surface area (Å²) in [5.74, 6) is -4.71. The summed E-state index contributed by atoms with van der Waals surface area (Å²) in [6.45, 7) is 1.53. The van der Waals surface area contributed by atoms with Crippen LogP contribution in [0.5, 0.6) is 0 Å². The zero-order valence-corrected chi connectivity index (χ0v) is 12.9. The standard InChI is InChI=1S/C15H17F2NO5/c1-8(4-12(19)22-2)13(15(21)23-3)18-14(20)9-5-10(16)7-11(17)6-9/h5-8,13H,4H2,1-3H3,(H,18,20)/t8-,13+/m1/s1. The second-order valence-electron chi connectivity index (χ2n) is 4.89. The fourth-order valence-corrected chi connectivity index (χ4v) is 1.93. The predicted octanol–water partition coefficient (Wildman–Crippen LogP) is 1.44. The van der Waals surface area contributed by atoms with Crippen molar-refractivity contribution in [2.24, 2.45) is 5.92 Å². The summed E-state index contributed by atoms with van der Waals surface area (Å²) in [5, 5.41) is 2.31. The van der Waals surface area contributed by atoms with E-state index in [2.05, 4.69) is 14.8 Å². The third-order valence-corrected chi connectivity index (χ3v) is 3.15. The van der Waals surface area contributed by atoms with Crippen LogP contribution in [0.1, 0.15) is 23.7 Å². The van der Waals surface area contributed by atoms with E-state index in [0.29, 0.717) is 6.07 Å². The molecule has 0 radical (unpaired) electrons. The van der Waals surface area contributed by atoms with Gasteiger partial charge in [0.25, 0.3) is 5.91 Å². The molecule has 0 fully saturated rings. The Hall–Kier alpha value is -2.51. The Morgan fingerprint density at radius 2 is 1.65 bits per heavy atom. The van der Waals surface area contributed by atoms with E-state index in [1.54, 1.807) is 0 Å². The van der Waals surface area contributed by atoms with E-state index in [9.17, 15) is 23.2 Å². The molecule has 6 nitrogen and oxygen atoms in total. The molecule has 0 saturated carbocycles. The lowest BCUT2D eigenvalue weighted by atomic mass is 9.97. The van der Waals surface area contributed by atoms with Gasteiger partial charge in [-0.25, -0.2) is 13.6 Å². The predicted molar refractivity (Wildman–Crippen MR) is 75.4 cm³/mol. The van der Waals surface area contributed by atoms with Gasteiger partial charge in [-0.3, -0.25) is 9.59 Å². The van der Waals surface area contributed by atoms with E-state index in [1.807, 2.05) is 0 Å². The zero-order valence-electron chi connectivity index (χ0n) is 12.9. The lowest BCUT2D eigenvalue weighted by molar-refractivity contribution is -0.146. The van der Waals surface area contributed by atoms with Crippen molar-refractivity contribution in [3.63, 3.8) is 0 Å². The van der Waals surface area contributed by atoms with Crippen molar-refractivity contribution in [2.75, 3.05) is 14.2 Å². The number of rotatable bonds is 6. The molecule has 1 aromatic rings. The maximum absolute atomic E-state index is 13.2.